The van der Waals surface area contributed by atoms with Gasteiger partial charge >= 0.3 is 0 Å². The second kappa shape index (κ2) is 6.45. The molecule has 0 aliphatic rings. The molecular formula is C16H12FN3O4. The lowest BCUT2D eigenvalue weighted by atomic mass is 10.1. The highest BCUT2D eigenvalue weighted by Crippen LogP contribution is 2.23. The van der Waals surface area contributed by atoms with Crippen molar-refractivity contribution in [2.75, 3.05) is 0 Å². The van der Waals surface area contributed by atoms with Crippen molar-refractivity contribution in [3.8, 4) is 17.2 Å². The van der Waals surface area contributed by atoms with Gasteiger partial charge in [0.15, 0.2) is 17.4 Å². The molecule has 8 heteroatoms. The van der Waals surface area contributed by atoms with Gasteiger partial charge in [0.25, 0.3) is 11.6 Å². The van der Waals surface area contributed by atoms with Gasteiger partial charge in [0, 0.05) is 24.1 Å². The van der Waals surface area contributed by atoms with Crippen LogP contribution in [0.5, 0.6) is 5.75 Å². The second-order valence-electron chi connectivity index (χ2n) is 5.11. The molecule has 1 N–H and O–H groups in total. The number of aryl methyl sites for hydroxylation is 2. The van der Waals surface area contributed by atoms with Gasteiger partial charge in [-0.25, -0.2) is 4.39 Å². The quantitative estimate of drug-likeness (QED) is 0.569. The Hall–Kier alpha value is -3.29. The van der Waals surface area contributed by atoms with Crippen LogP contribution in [-0.4, -0.2) is 20.2 Å². The van der Waals surface area contributed by atoms with Crippen molar-refractivity contribution in [2.24, 2.45) is 0 Å². The molecule has 0 fully saturated rings. The van der Waals surface area contributed by atoms with Crippen LogP contribution in [0.3, 0.4) is 0 Å². The molecule has 0 atom stereocenters. The molecule has 0 amide bonds. The summed E-state index contributed by atoms with van der Waals surface area (Å²) in [5.74, 6) is -0.486. The highest BCUT2D eigenvalue weighted by atomic mass is 19.1. The molecule has 1 aromatic heterocycles. The summed E-state index contributed by atoms with van der Waals surface area (Å²) < 4.78 is 18.4. The molecule has 0 saturated heterocycles. The van der Waals surface area contributed by atoms with Crippen LogP contribution >= 0.6 is 0 Å². The van der Waals surface area contributed by atoms with Crippen LogP contribution in [0.25, 0.3) is 11.5 Å². The SMILES string of the molecule is O=[N+]([O-])c1cccc(-c2nc(CCc3ccc(O)c(F)c3)no2)c1. The molecule has 0 aliphatic heterocycles. The third kappa shape index (κ3) is 3.37. The minimum absolute atomic E-state index is 0.0631. The van der Waals surface area contributed by atoms with E-state index in [1.165, 1.54) is 30.3 Å². The molecule has 0 radical (unpaired) electrons. The third-order valence-corrected chi connectivity index (χ3v) is 3.42. The predicted molar refractivity (Wildman–Crippen MR) is 81.9 cm³/mol. The molecule has 0 saturated carbocycles. The van der Waals surface area contributed by atoms with Crippen molar-refractivity contribution >= 4 is 5.69 Å². The van der Waals surface area contributed by atoms with Gasteiger partial charge in [0.05, 0.1) is 4.92 Å². The molecule has 3 rings (SSSR count). The summed E-state index contributed by atoms with van der Waals surface area (Å²) in [4.78, 5) is 14.5. The molecule has 24 heavy (non-hydrogen) atoms. The van der Waals surface area contributed by atoms with E-state index >= 15 is 0 Å². The Labute approximate surface area is 135 Å². The van der Waals surface area contributed by atoms with E-state index < -0.39 is 16.5 Å². The van der Waals surface area contributed by atoms with E-state index in [4.69, 9.17) is 9.63 Å². The first kappa shape index (κ1) is 15.6. The van der Waals surface area contributed by atoms with E-state index in [0.717, 1.165) is 0 Å². The van der Waals surface area contributed by atoms with E-state index in [2.05, 4.69) is 10.1 Å². The number of benzene rings is 2. The topological polar surface area (TPSA) is 102 Å². The van der Waals surface area contributed by atoms with Crippen LogP contribution < -0.4 is 0 Å². The van der Waals surface area contributed by atoms with E-state index in [9.17, 15) is 14.5 Å². The van der Waals surface area contributed by atoms with E-state index in [0.29, 0.717) is 29.8 Å². The number of nitrogens with zero attached hydrogens (tertiary/aromatic N) is 3. The van der Waals surface area contributed by atoms with Crippen LogP contribution in [0.2, 0.25) is 0 Å². The van der Waals surface area contributed by atoms with Crippen molar-refractivity contribution in [2.45, 2.75) is 12.8 Å². The maximum atomic E-state index is 13.3. The molecular weight excluding hydrogens is 317 g/mol. The van der Waals surface area contributed by atoms with Crippen molar-refractivity contribution in [1.29, 1.82) is 0 Å². The Morgan fingerprint density at radius 2 is 2.04 bits per heavy atom. The second-order valence-corrected chi connectivity index (χ2v) is 5.11. The van der Waals surface area contributed by atoms with E-state index in [1.807, 2.05) is 0 Å². The van der Waals surface area contributed by atoms with Gasteiger partial charge in [-0.05, 0) is 30.2 Å². The van der Waals surface area contributed by atoms with Crippen molar-refractivity contribution in [1.82, 2.24) is 10.1 Å². The van der Waals surface area contributed by atoms with Crippen molar-refractivity contribution in [3.63, 3.8) is 0 Å². The summed E-state index contributed by atoms with van der Waals surface area (Å²) in [5, 5.41) is 23.8. The molecule has 0 unspecified atom stereocenters. The summed E-state index contributed by atoms with van der Waals surface area (Å²) in [6.07, 6.45) is 0.869. The number of hydrogen-bond acceptors (Lipinski definition) is 6. The summed E-state index contributed by atoms with van der Waals surface area (Å²) in [6.45, 7) is 0. The van der Waals surface area contributed by atoms with Crippen LogP contribution in [0.15, 0.2) is 47.0 Å². The number of aromatic nitrogens is 2. The fraction of sp³-hybridized carbons (Fsp3) is 0.125. The van der Waals surface area contributed by atoms with Crippen LogP contribution in [-0.2, 0) is 12.8 Å². The zero-order chi connectivity index (χ0) is 17.1. The van der Waals surface area contributed by atoms with Gasteiger partial charge in [-0.1, -0.05) is 17.3 Å². The lowest BCUT2D eigenvalue weighted by molar-refractivity contribution is -0.384. The summed E-state index contributed by atoms with van der Waals surface area (Å²) >= 11 is 0. The predicted octanol–water partition coefficient (Wildman–Crippen LogP) is 3.27. The highest BCUT2D eigenvalue weighted by molar-refractivity contribution is 5.57. The number of hydrogen-bond donors (Lipinski definition) is 1. The lowest BCUT2D eigenvalue weighted by Crippen LogP contribution is -1.94. The molecule has 0 spiro atoms. The first-order valence-corrected chi connectivity index (χ1v) is 7.08. The Morgan fingerprint density at radius 3 is 2.79 bits per heavy atom. The summed E-state index contributed by atoms with van der Waals surface area (Å²) in [5.41, 5.74) is 1.08. The smallest absolute Gasteiger partial charge is 0.270 e. The number of non-ortho nitro benzene ring substituents is 1. The van der Waals surface area contributed by atoms with Gasteiger partial charge in [-0.15, -0.1) is 0 Å². The first-order valence-electron chi connectivity index (χ1n) is 7.08. The Morgan fingerprint density at radius 1 is 1.21 bits per heavy atom. The Bertz CT molecular complexity index is 895. The Balaban J connectivity index is 1.72. The maximum absolute atomic E-state index is 13.3. The summed E-state index contributed by atoms with van der Waals surface area (Å²) in [6, 6.07) is 10.1. The molecule has 7 nitrogen and oxygen atoms in total. The number of aromatic hydroxyl groups is 1. The number of rotatable bonds is 5. The minimum atomic E-state index is -0.683. The zero-order valence-electron chi connectivity index (χ0n) is 12.3. The lowest BCUT2D eigenvalue weighted by Gasteiger charge is -2.00. The van der Waals surface area contributed by atoms with E-state index in [1.54, 1.807) is 12.1 Å². The minimum Gasteiger partial charge on any atom is -0.505 e. The molecule has 3 aromatic rings. The standard InChI is InChI=1S/C16H12FN3O4/c17-13-8-10(4-6-14(13)21)5-7-15-18-16(24-19-15)11-2-1-3-12(9-11)20(22)23/h1-4,6,8-9,21H,5,7H2. The average molecular weight is 329 g/mol. The zero-order valence-corrected chi connectivity index (χ0v) is 12.3. The van der Waals surface area contributed by atoms with Crippen LogP contribution in [0, 0.1) is 15.9 Å². The van der Waals surface area contributed by atoms with Crippen molar-refractivity contribution < 1.29 is 18.9 Å². The summed E-state index contributed by atoms with van der Waals surface area (Å²) in [7, 11) is 0. The Kier molecular flexibility index (Phi) is 4.19. The van der Waals surface area contributed by atoms with Crippen LogP contribution in [0.4, 0.5) is 10.1 Å². The molecule has 2 aromatic carbocycles. The number of phenols is 1. The fourth-order valence-corrected chi connectivity index (χ4v) is 2.19. The first-order chi connectivity index (χ1) is 11.5. The van der Waals surface area contributed by atoms with Gasteiger partial charge in [-0.2, -0.15) is 4.98 Å². The third-order valence-electron chi connectivity index (χ3n) is 3.42. The number of phenolic OH excluding ortho intramolecular Hbond substituents is 1. The monoisotopic (exact) mass is 329 g/mol. The van der Waals surface area contributed by atoms with Gasteiger partial charge in [0.1, 0.15) is 0 Å². The molecule has 1 heterocycles. The van der Waals surface area contributed by atoms with E-state index in [-0.39, 0.29) is 11.6 Å². The maximum Gasteiger partial charge on any atom is 0.270 e. The number of nitro benzene ring substituents is 1. The average Bonchev–Trinajstić information content (AvgIpc) is 3.05. The molecule has 0 aliphatic carbocycles. The molecule has 0 bridgehead atoms. The normalized spacial score (nSPS) is 10.7. The number of halogens is 1. The number of nitro groups is 1. The van der Waals surface area contributed by atoms with Gasteiger partial charge in [-0.3, -0.25) is 10.1 Å². The van der Waals surface area contributed by atoms with Crippen molar-refractivity contribution in [3.05, 3.63) is 69.8 Å². The van der Waals surface area contributed by atoms with Gasteiger partial charge < -0.3 is 9.63 Å². The molecule has 122 valence electrons. The van der Waals surface area contributed by atoms with Crippen LogP contribution in [0.1, 0.15) is 11.4 Å². The largest absolute Gasteiger partial charge is 0.505 e. The highest BCUT2D eigenvalue weighted by Gasteiger charge is 2.13. The van der Waals surface area contributed by atoms with Gasteiger partial charge in [0.2, 0.25) is 0 Å². The fourth-order valence-electron chi connectivity index (χ4n) is 2.19.